The molecule has 4 nitrogen and oxygen atoms in total. The summed E-state index contributed by atoms with van der Waals surface area (Å²) < 4.78 is 0. The number of hydrogen-bond acceptors (Lipinski definition) is 3. The summed E-state index contributed by atoms with van der Waals surface area (Å²) in [5, 5.41) is 3.76. The first kappa shape index (κ1) is 19.7. The summed E-state index contributed by atoms with van der Waals surface area (Å²) in [4.78, 5) is 19.7. The number of halogens is 1. The fourth-order valence-corrected chi connectivity index (χ4v) is 3.95. The molecule has 1 N–H and O–H groups in total. The van der Waals surface area contributed by atoms with Crippen LogP contribution in [0.2, 0.25) is 5.02 Å². The first-order valence-corrected chi connectivity index (χ1v) is 10.3. The normalized spacial score (nSPS) is 14.7. The third kappa shape index (κ3) is 4.62. The fraction of sp³-hybridized carbons (Fsp3) is 0.455. The second-order valence-electron chi connectivity index (χ2n) is 7.03. The van der Waals surface area contributed by atoms with Gasteiger partial charge in [0.25, 0.3) is 5.91 Å². The monoisotopic (exact) mass is 385 g/mol. The van der Waals surface area contributed by atoms with E-state index >= 15 is 0 Å². The van der Waals surface area contributed by atoms with Crippen LogP contribution >= 0.6 is 11.6 Å². The molecule has 1 aromatic carbocycles. The zero-order chi connectivity index (χ0) is 19.2. The highest BCUT2D eigenvalue weighted by atomic mass is 35.5. The minimum absolute atomic E-state index is 0.142. The highest BCUT2D eigenvalue weighted by Crippen LogP contribution is 2.30. The first-order valence-electron chi connectivity index (χ1n) is 9.96. The Morgan fingerprint density at radius 2 is 1.81 bits per heavy atom. The van der Waals surface area contributed by atoms with E-state index in [1.807, 2.05) is 31.2 Å². The van der Waals surface area contributed by atoms with Gasteiger partial charge in [-0.3, -0.25) is 4.79 Å². The van der Waals surface area contributed by atoms with Gasteiger partial charge >= 0.3 is 0 Å². The minimum Gasteiger partial charge on any atom is -0.357 e. The van der Waals surface area contributed by atoms with Crippen LogP contribution in [0.4, 0.5) is 11.5 Å². The molecule has 1 aliphatic rings. The summed E-state index contributed by atoms with van der Waals surface area (Å²) in [5.74, 6) is 0.816. The molecule has 5 heteroatoms. The van der Waals surface area contributed by atoms with Crippen molar-refractivity contribution in [2.45, 2.75) is 52.4 Å². The van der Waals surface area contributed by atoms with Gasteiger partial charge in [-0.05, 0) is 55.0 Å². The van der Waals surface area contributed by atoms with E-state index in [2.05, 4.69) is 22.1 Å². The topological polar surface area (TPSA) is 45.2 Å². The van der Waals surface area contributed by atoms with Crippen molar-refractivity contribution in [2.75, 3.05) is 23.3 Å². The first-order chi connectivity index (χ1) is 13.1. The molecule has 1 aliphatic heterocycles. The molecule has 2 aromatic rings. The van der Waals surface area contributed by atoms with Crippen LogP contribution in [-0.2, 0) is 12.8 Å². The molecule has 0 unspecified atom stereocenters. The van der Waals surface area contributed by atoms with Crippen LogP contribution in [0.3, 0.4) is 0 Å². The Bertz CT molecular complexity index is 781. The number of rotatable bonds is 5. The lowest BCUT2D eigenvalue weighted by atomic mass is 10.0. The minimum atomic E-state index is -0.142. The molecular formula is C22H28ClN3O. The lowest BCUT2D eigenvalue weighted by Gasteiger charge is -2.21. The van der Waals surface area contributed by atoms with Gasteiger partial charge in [-0.25, -0.2) is 4.98 Å². The molecule has 0 bridgehead atoms. The molecular weight excluding hydrogens is 358 g/mol. The number of nitrogens with zero attached hydrogens (tertiary/aromatic N) is 2. The van der Waals surface area contributed by atoms with Crippen LogP contribution in [0.5, 0.6) is 0 Å². The SMILES string of the molecule is CCc1ccc(Cl)c(CC)c1NC(=O)c1ccc(N2CCCCCC2)nc1. The fourth-order valence-electron chi connectivity index (χ4n) is 3.66. The largest absolute Gasteiger partial charge is 0.357 e. The van der Waals surface area contributed by atoms with Crippen LogP contribution < -0.4 is 10.2 Å². The Balaban J connectivity index is 1.78. The molecule has 144 valence electrons. The predicted octanol–water partition coefficient (Wildman–Crippen LogP) is 5.49. The highest BCUT2D eigenvalue weighted by Gasteiger charge is 2.16. The van der Waals surface area contributed by atoms with E-state index in [9.17, 15) is 4.79 Å². The van der Waals surface area contributed by atoms with Crippen molar-refractivity contribution in [1.29, 1.82) is 0 Å². The summed E-state index contributed by atoms with van der Waals surface area (Å²) in [6.07, 6.45) is 8.28. The van der Waals surface area contributed by atoms with Crippen LogP contribution in [0, 0.1) is 0 Å². The van der Waals surface area contributed by atoms with Gasteiger partial charge in [-0.1, -0.05) is 44.4 Å². The average molecular weight is 386 g/mol. The number of nitrogens with one attached hydrogen (secondary N) is 1. The van der Waals surface area contributed by atoms with E-state index < -0.39 is 0 Å². The van der Waals surface area contributed by atoms with Gasteiger partial charge in [0, 0.05) is 30.0 Å². The van der Waals surface area contributed by atoms with E-state index in [1.54, 1.807) is 6.20 Å². The van der Waals surface area contributed by atoms with Crippen molar-refractivity contribution in [3.63, 3.8) is 0 Å². The van der Waals surface area contributed by atoms with Gasteiger partial charge < -0.3 is 10.2 Å². The number of amides is 1. The van der Waals surface area contributed by atoms with Gasteiger partial charge in [0.1, 0.15) is 5.82 Å². The van der Waals surface area contributed by atoms with Crippen LogP contribution in [0.25, 0.3) is 0 Å². The maximum atomic E-state index is 12.8. The van der Waals surface area contributed by atoms with E-state index in [0.717, 1.165) is 48.6 Å². The lowest BCUT2D eigenvalue weighted by Crippen LogP contribution is -2.25. The quantitative estimate of drug-likeness (QED) is 0.739. The van der Waals surface area contributed by atoms with E-state index in [1.165, 1.54) is 25.7 Å². The number of benzene rings is 1. The van der Waals surface area contributed by atoms with Crippen molar-refractivity contribution in [2.24, 2.45) is 0 Å². The van der Waals surface area contributed by atoms with E-state index in [0.29, 0.717) is 10.6 Å². The molecule has 0 spiro atoms. The number of aromatic nitrogens is 1. The van der Waals surface area contributed by atoms with Crippen molar-refractivity contribution in [3.8, 4) is 0 Å². The summed E-state index contributed by atoms with van der Waals surface area (Å²) in [7, 11) is 0. The molecule has 1 amide bonds. The van der Waals surface area contributed by atoms with Crippen LogP contribution in [-0.4, -0.2) is 24.0 Å². The standard InChI is InChI=1S/C22H28ClN3O/c1-3-16-9-11-19(23)18(4-2)21(16)25-22(27)17-10-12-20(24-15-17)26-13-7-5-6-8-14-26/h9-12,15H,3-8,13-14H2,1-2H3,(H,25,27). The Hall–Kier alpha value is -2.07. The van der Waals surface area contributed by atoms with Gasteiger partial charge in [0.2, 0.25) is 0 Å². The second-order valence-corrected chi connectivity index (χ2v) is 7.43. The molecule has 0 atom stereocenters. The number of carbonyl (C=O) groups is 1. The Morgan fingerprint density at radius 3 is 2.41 bits per heavy atom. The number of anilines is 2. The molecule has 1 saturated heterocycles. The summed E-state index contributed by atoms with van der Waals surface area (Å²) in [6.45, 7) is 6.21. The Labute approximate surface area is 166 Å². The van der Waals surface area contributed by atoms with Crippen molar-refractivity contribution >= 4 is 29.0 Å². The third-order valence-corrected chi connectivity index (χ3v) is 5.61. The van der Waals surface area contributed by atoms with Crippen LogP contribution in [0.15, 0.2) is 30.5 Å². The molecule has 1 aromatic heterocycles. The number of pyridine rings is 1. The molecule has 0 saturated carbocycles. The third-order valence-electron chi connectivity index (χ3n) is 5.26. The number of carbonyl (C=O) groups excluding carboxylic acids is 1. The van der Waals surface area contributed by atoms with Gasteiger partial charge in [-0.2, -0.15) is 0 Å². The molecule has 3 rings (SSSR count). The van der Waals surface area contributed by atoms with Gasteiger partial charge in [0.05, 0.1) is 5.56 Å². The summed E-state index contributed by atoms with van der Waals surface area (Å²) >= 11 is 6.34. The highest BCUT2D eigenvalue weighted by molar-refractivity contribution is 6.32. The molecule has 2 heterocycles. The summed E-state index contributed by atoms with van der Waals surface area (Å²) in [6, 6.07) is 7.72. The Kier molecular flexibility index (Phi) is 6.73. The molecule has 1 fully saturated rings. The smallest absolute Gasteiger partial charge is 0.257 e. The molecule has 27 heavy (non-hydrogen) atoms. The maximum Gasteiger partial charge on any atom is 0.257 e. The number of aryl methyl sites for hydroxylation is 1. The van der Waals surface area contributed by atoms with Crippen molar-refractivity contribution < 1.29 is 4.79 Å². The van der Waals surface area contributed by atoms with Crippen LogP contribution in [0.1, 0.15) is 61.0 Å². The second kappa shape index (κ2) is 9.23. The lowest BCUT2D eigenvalue weighted by molar-refractivity contribution is 0.102. The zero-order valence-electron chi connectivity index (χ0n) is 16.2. The Morgan fingerprint density at radius 1 is 1.07 bits per heavy atom. The van der Waals surface area contributed by atoms with Crippen molar-refractivity contribution in [3.05, 3.63) is 52.2 Å². The average Bonchev–Trinajstić information content (AvgIpc) is 2.98. The van der Waals surface area contributed by atoms with E-state index in [-0.39, 0.29) is 5.91 Å². The maximum absolute atomic E-state index is 12.8. The molecule has 0 radical (unpaired) electrons. The van der Waals surface area contributed by atoms with E-state index in [4.69, 9.17) is 11.6 Å². The zero-order valence-corrected chi connectivity index (χ0v) is 17.0. The van der Waals surface area contributed by atoms with Gasteiger partial charge in [0.15, 0.2) is 0 Å². The van der Waals surface area contributed by atoms with Gasteiger partial charge in [-0.15, -0.1) is 0 Å². The predicted molar refractivity (Wildman–Crippen MR) is 113 cm³/mol. The number of hydrogen-bond donors (Lipinski definition) is 1. The van der Waals surface area contributed by atoms with Crippen molar-refractivity contribution in [1.82, 2.24) is 4.98 Å². The summed E-state index contributed by atoms with van der Waals surface area (Å²) in [5.41, 5.74) is 3.49. The molecule has 0 aliphatic carbocycles.